The monoisotopic (exact) mass is 341 g/mol. The van der Waals surface area contributed by atoms with Crippen LogP contribution in [0.3, 0.4) is 0 Å². The van der Waals surface area contributed by atoms with Gasteiger partial charge in [-0.2, -0.15) is 0 Å². The van der Waals surface area contributed by atoms with Crippen LogP contribution >= 0.6 is 0 Å². The Bertz CT molecular complexity index is 756. The van der Waals surface area contributed by atoms with E-state index in [1.165, 1.54) is 0 Å². The first kappa shape index (κ1) is 16.3. The Morgan fingerprint density at radius 1 is 1.40 bits per heavy atom. The van der Waals surface area contributed by atoms with E-state index in [4.69, 9.17) is 9.47 Å². The van der Waals surface area contributed by atoms with Gasteiger partial charge in [-0.1, -0.05) is 37.3 Å². The molecule has 5 nitrogen and oxygen atoms in total. The maximum atomic E-state index is 13.2. The number of amides is 1. The van der Waals surface area contributed by atoms with Crippen molar-refractivity contribution >= 4 is 17.6 Å². The van der Waals surface area contributed by atoms with E-state index in [2.05, 4.69) is 6.92 Å². The highest BCUT2D eigenvalue weighted by molar-refractivity contribution is 6.03. The molecule has 0 aromatic heterocycles. The molecule has 3 aliphatic heterocycles. The molecule has 2 bridgehead atoms. The lowest BCUT2D eigenvalue weighted by molar-refractivity contribution is -0.156. The molecule has 0 aliphatic carbocycles. The van der Waals surface area contributed by atoms with Crippen LogP contribution in [0.4, 0.5) is 5.69 Å². The van der Waals surface area contributed by atoms with Crippen molar-refractivity contribution in [2.24, 2.45) is 11.8 Å². The second-order valence-electron chi connectivity index (χ2n) is 7.29. The number of ether oxygens (including phenoxy) is 2. The fourth-order valence-electron chi connectivity index (χ4n) is 4.36. The van der Waals surface area contributed by atoms with Gasteiger partial charge in [0.05, 0.1) is 24.7 Å². The molecule has 0 unspecified atom stereocenters. The smallest absolute Gasteiger partial charge is 0.313 e. The molecule has 4 rings (SSSR count). The minimum absolute atomic E-state index is 0.0431. The number of anilines is 1. The summed E-state index contributed by atoms with van der Waals surface area (Å²) in [4.78, 5) is 27.6. The number of hydrogen-bond acceptors (Lipinski definition) is 4. The molecule has 1 aromatic carbocycles. The summed E-state index contributed by atoms with van der Waals surface area (Å²) in [5.41, 5.74) is 1.32. The fraction of sp³-hybridized carbons (Fsp3) is 0.500. The number of hydrogen-bond donors (Lipinski definition) is 0. The summed E-state index contributed by atoms with van der Waals surface area (Å²) >= 11 is 0. The van der Waals surface area contributed by atoms with Gasteiger partial charge in [0.15, 0.2) is 0 Å². The Kier molecular flexibility index (Phi) is 3.72. The summed E-state index contributed by atoms with van der Waals surface area (Å²) in [6.45, 7) is 6.16. The van der Waals surface area contributed by atoms with Crippen LogP contribution in [-0.2, 0) is 25.5 Å². The molecule has 3 aliphatic rings. The van der Waals surface area contributed by atoms with E-state index < -0.39 is 17.4 Å². The quantitative estimate of drug-likeness (QED) is 0.624. The van der Waals surface area contributed by atoms with Crippen molar-refractivity contribution in [2.45, 2.75) is 45.0 Å². The summed E-state index contributed by atoms with van der Waals surface area (Å²) < 4.78 is 11.5. The summed E-state index contributed by atoms with van der Waals surface area (Å²) in [6, 6.07) is 7.91. The Morgan fingerprint density at radius 3 is 2.88 bits per heavy atom. The highest BCUT2D eigenvalue weighted by Gasteiger charge is 2.67. The van der Waals surface area contributed by atoms with Crippen molar-refractivity contribution in [3.05, 3.63) is 42.0 Å². The predicted octanol–water partition coefficient (Wildman–Crippen LogP) is 2.49. The fourth-order valence-corrected chi connectivity index (χ4v) is 4.36. The molecule has 2 fully saturated rings. The number of nitrogens with zero attached hydrogens (tertiary/aromatic N) is 1. The zero-order valence-corrected chi connectivity index (χ0v) is 14.8. The zero-order chi connectivity index (χ0) is 17.8. The number of aryl methyl sites for hydroxylation is 1. The Balaban J connectivity index is 1.69. The molecule has 3 heterocycles. The van der Waals surface area contributed by atoms with Gasteiger partial charge < -0.3 is 14.4 Å². The molecule has 2 saturated heterocycles. The Hall–Kier alpha value is -2.14. The highest BCUT2D eigenvalue weighted by Crippen LogP contribution is 2.53. The summed E-state index contributed by atoms with van der Waals surface area (Å²) in [7, 11) is 0. The van der Waals surface area contributed by atoms with E-state index in [1.807, 2.05) is 50.3 Å². The molecule has 0 N–H and O–H groups in total. The van der Waals surface area contributed by atoms with Crippen LogP contribution in [0.2, 0.25) is 0 Å². The Morgan fingerprint density at radius 2 is 2.16 bits per heavy atom. The van der Waals surface area contributed by atoms with Crippen LogP contribution in [0.5, 0.6) is 0 Å². The molecule has 0 radical (unpaired) electrons. The lowest BCUT2D eigenvalue weighted by atomic mass is 9.77. The number of rotatable bonds is 4. The second kappa shape index (κ2) is 5.70. The summed E-state index contributed by atoms with van der Waals surface area (Å²) in [5, 5.41) is 0. The second-order valence-corrected chi connectivity index (χ2v) is 7.29. The first-order valence-corrected chi connectivity index (χ1v) is 8.94. The van der Waals surface area contributed by atoms with Gasteiger partial charge >= 0.3 is 5.97 Å². The number of carbonyl (C=O) groups excluding carboxylic acids is 2. The van der Waals surface area contributed by atoms with Crippen molar-refractivity contribution in [2.75, 3.05) is 11.4 Å². The van der Waals surface area contributed by atoms with E-state index >= 15 is 0 Å². The number of fused-ring (bicyclic) bond motifs is 1. The lowest BCUT2D eigenvalue weighted by Crippen LogP contribution is -2.40. The SMILES string of the molecule is CCc1ccccc1N1C[C@]23C=C[C@H](O2)[C@@H](C(=O)OC(C)C)[C@@H]3C1=O. The molecule has 132 valence electrons. The molecular formula is C20H23NO4. The van der Waals surface area contributed by atoms with Gasteiger partial charge in [0.1, 0.15) is 11.5 Å². The van der Waals surface area contributed by atoms with Gasteiger partial charge in [-0.3, -0.25) is 9.59 Å². The Labute approximate surface area is 147 Å². The number of para-hydroxylation sites is 1. The van der Waals surface area contributed by atoms with E-state index in [9.17, 15) is 9.59 Å². The largest absolute Gasteiger partial charge is 0.463 e. The molecule has 5 heteroatoms. The van der Waals surface area contributed by atoms with Crippen LogP contribution in [0.25, 0.3) is 0 Å². The van der Waals surface area contributed by atoms with E-state index in [0.29, 0.717) is 6.54 Å². The van der Waals surface area contributed by atoms with E-state index in [1.54, 1.807) is 4.90 Å². The molecule has 1 spiro atoms. The van der Waals surface area contributed by atoms with Crippen molar-refractivity contribution in [3.63, 3.8) is 0 Å². The van der Waals surface area contributed by atoms with Crippen molar-refractivity contribution in [1.29, 1.82) is 0 Å². The van der Waals surface area contributed by atoms with Crippen LogP contribution in [0.15, 0.2) is 36.4 Å². The van der Waals surface area contributed by atoms with Gasteiger partial charge in [0.25, 0.3) is 0 Å². The normalized spacial score (nSPS) is 32.6. The maximum absolute atomic E-state index is 13.2. The summed E-state index contributed by atoms with van der Waals surface area (Å²) in [6.07, 6.45) is 4.15. The average molecular weight is 341 g/mol. The molecular weight excluding hydrogens is 318 g/mol. The van der Waals surface area contributed by atoms with Crippen LogP contribution in [0, 0.1) is 11.8 Å². The van der Waals surface area contributed by atoms with Gasteiger partial charge in [0.2, 0.25) is 5.91 Å². The lowest BCUT2D eigenvalue weighted by Gasteiger charge is -2.24. The average Bonchev–Trinajstić information content (AvgIpc) is 3.22. The number of esters is 1. The van der Waals surface area contributed by atoms with Crippen molar-refractivity contribution in [3.8, 4) is 0 Å². The van der Waals surface area contributed by atoms with E-state index in [0.717, 1.165) is 17.7 Å². The maximum Gasteiger partial charge on any atom is 0.313 e. The standard InChI is InChI=1S/C20H23NO4/c1-4-13-7-5-6-8-14(13)21-11-20-10-9-15(25-20)16(17(20)18(21)22)19(23)24-12(2)3/h5-10,12,15-17H,4,11H2,1-3H3/t15-,16+,17+,20-/m0/s1. The first-order chi connectivity index (χ1) is 12.0. The minimum atomic E-state index is -0.705. The minimum Gasteiger partial charge on any atom is -0.463 e. The number of benzene rings is 1. The van der Waals surface area contributed by atoms with Crippen LogP contribution in [-0.4, -0.2) is 36.2 Å². The molecule has 0 saturated carbocycles. The molecule has 1 aromatic rings. The zero-order valence-electron chi connectivity index (χ0n) is 14.8. The summed E-state index contributed by atoms with van der Waals surface area (Å²) in [5.74, 6) is -1.44. The highest BCUT2D eigenvalue weighted by atomic mass is 16.6. The van der Waals surface area contributed by atoms with Gasteiger partial charge in [-0.05, 0) is 31.9 Å². The van der Waals surface area contributed by atoms with Crippen molar-refractivity contribution in [1.82, 2.24) is 0 Å². The predicted molar refractivity (Wildman–Crippen MR) is 93.1 cm³/mol. The van der Waals surface area contributed by atoms with Crippen molar-refractivity contribution < 1.29 is 19.1 Å². The molecule has 4 atom stereocenters. The van der Waals surface area contributed by atoms with Crippen LogP contribution < -0.4 is 4.90 Å². The third-order valence-electron chi connectivity index (χ3n) is 5.39. The third-order valence-corrected chi connectivity index (χ3v) is 5.39. The number of carbonyl (C=O) groups is 2. The topological polar surface area (TPSA) is 55.8 Å². The first-order valence-electron chi connectivity index (χ1n) is 8.94. The van der Waals surface area contributed by atoms with Crippen LogP contribution in [0.1, 0.15) is 26.3 Å². The van der Waals surface area contributed by atoms with Gasteiger partial charge in [0, 0.05) is 5.69 Å². The third kappa shape index (κ3) is 2.33. The molecule has 1 amide bonds. The van der Waals surface area contributed by atoms with E-state index in [-0.39, 0.29) is 24.1 Å². The van der Waals surface area contributed by atoms with Gasteiger partial charge in [-0.25, -0.2) is 0 Å². The molecule has 25 heavy (non-hydrogen) atoms. The van der Waals surface area contributed by atoms with Gasteiger partial charge in [-0.15, -0.1) is 0 Å².